The molecule has 0 amide bonds. The minimum atomic E-state index is 0.926. The van der Waals surface area contributed by atoms with E-state index in [1.165, 1.54) is 25.7 Å². The first kappa shape index (κ1) is 9.83. The fourth-order valence-corrected chi connectivity index (χ4v) is 2.48. The van der Waals surface area contributed by atoms with Crippen LogP contribution in [0.25, 0.3) is 0 Å². The Hall–Kier alpha value is -0.260. The Morgan fingerprint density at radius 1 is 1.17 bits per heavy atom. The molecule has 0 saturated heterocycles. The summed E-state index contributed by atoms with van der Waals surface area (Å²) in [6, 6.07) is 0. The molecule has 1 aliphatic carbocycles. The van der Waals surface area contributed by atoms with Crippen molar-refractivity contribution < 1.29 is 0 Å². The van der Waals surface area contributed by atoms with Gasteiger partial charge in [0, 0.05) is 0 Å². The van der Waals surface area contributed by atoms with E-state index in [4.69, 9.17) is 0 Å². The number of allylic oxidation sites excluding steroid dienone is 2. The Morgan fingerprint density at radius 2 is 1.67 bits per heavy atom. The number of hydrogen-bond donors (Lipinski definition) is 0. The molecule has 0 aliphatic heterocycles. The summed E-state index contributed by atoms with van der Waals surface area (Å²) >= 11 is 0. The molecule has 0 heteroatoms. The van der Waals surface area contributed by atoms with Crippen LogP contribution in [0.5, 0.6) is 0 Å². The van der Waals surface area contributed by atoms with Crippen LogP contribution in [0, 0.1) is 17.8 Å². The molecule has 1 rings (SSSR count). The van der Waals surface area contributed by atoms with Crippen molar-refractivity contribution in [3.63, 3.8) is 0 Å². The Kier molecular flexibility index (Phi) is 3.84. The van der Waals surface area contributed by atoms with Gasteiger partial charge in [0.25, 0.3) is 0 Å². The van der Waals surface area contributed by atoms with Gasteiger partial charge in [-0.05, 0) is 30.6 Å². The zero-order chi connectivity index (χ0) is 8.97. The van der Waals surface area contributed by atoms with Crippen molar-refractivity contribution in [1.29, 1.82) is 0 Å². The maximum atomic E-state index is 2.44. The van der Waals surface area contributed by atoms with Gasteiger partial charge in [0.15, 0.2) is 0 Å². The van der Waals surface area contributed by atoms with Crippen molar-refractivity contribution >= 4 is 0 Å². The lowest BCUT2D eigenvalue weighted by Crippen LogP contribution is -2.18. The standard InChI is InChI=1S/C12H22/c1-4-11(5-2)10(3)12-8-6-7-9-12/h6-7,10-12H,4-5,8-9H2,1-3H3. The van der Waals surface area contributed by atoms with Crippen molar-refractivity contribution in [3.05, 3.63) is 12.2 Å². The molecule has 0 bridgehead atoms. The van der Waals surface area contributed by atoms with Crippen LogP contribution in [0.3, 0.4) is 0 Å². The lowest BCUT2D eigenvalue weighted by atomic mass is 9.79. The maximum Gasteiger partial charge on any atom is -0.0317 e. The van der Waals surface area contributed by atoms with Gasteiger partial charge in [0.1, 0.15) is 0 Å². The highest BCUT2D eigenvalue weighted by molar-refractivity contribution is 4.96. The zero-order valence-corrected chi connectivity index (χ0v) is 8.72. The van der Waals surface area contributed by atoms with E-state index in [1.54, 1.807) is 0 Å². The molecule has 0 aromatic carbocycles. The third-order valence-corrected chi connectivity index (χ3v) is 3.58. The molecule has 1 aliphatic rings. The molecule has 70 valence electrons. The van der Waals surface area contributed by atoms with Crippen LogP contribution < -0.4 is 0 Å². The maximum absolute atomic E-state index is 2.44. The summed E-state index contributed by atoms with van der Waals surface area (Å²) in [4.78, 5) is 0. The molecule has 0 aromatic heterocycles. The van der Waals surface area contributed by atoms with E-state index >= 15 is 0 Å². The second-order valence-corrected chi connectivity index (χ2v) is 4.14. The van der Waals surface area contributed by atoms with Gasteiger partial charge in [-0.3, -0.25) is 0 Å². The summed E-state index contributed by atoms with van der Waals surface area (Å²) < 4.78 is 0. The first-order valence-corrected chi connectivity index (χ1v) is 5.44. The molecule has 1 unspecified atom stereocenters. The van der Waals surface area contributed by atoms with Gasteiger partial charge in [0.05, 0.1) is 0 Å². The quantitative estimate of drug-likeness (QED) is 0.553. The van der Waals surface area contributed by atoms with Crippen LogP contribution in [0.4, 0.5) is 0 Å². The summed E-state index contributed by atoms with van der Waals surface area (Å²) in [6.07, 6.45) is 10.1. The third-order valence-electron chi connectivity index (χ3n) is 3.58. The number of hydrogen-bond acceptors (Lipinski definition) is 0. The van der Waals surface area contributed by atoms with Crippen LogP contribution in [0.15, 0.2) is 12.2 Å². The Labute approximate surface area is 77.1 Å². The predicted molar refractivity (Wildman–Crippen MR) is 55.1 cm³/mol. The third kappa shape index (κ3) is 2.12. The number of rotatable bonds is 4. The molecule has 0 radical (unpaired) electrons. The van der Waals surface area contributed by atoms with Gasteiger partial charge >= 0.3 is 0 Å². The van der Waals surface area contributed by atoms with Gasteiger partial charge in [-0.1, -0.05) is 45.8 Å². The van der Waals surface area contributed by atoms with Gasteiger partial charge in [-0.2, -0.15) is 0 Å². The van der Waals surface area contributed by atoms with Crippen molar-refractivity contribution in [2.75, 3.05) is 0 Å². The molecule has 0 fully saturated rings. The lowest BCUT2D eigenvalue weighted by Gasteiger charge is -2.26. The van der Waals surface area contributed by atoms with E-state index in [2.05, 4.69) is 32.9 Å². The van der Waals surface area contributed by atoms with Crippen LogP contribution in [-0.4, -0.2) is 0 Å². The average molecular weight is 166 g/mol. The van der Waals surface area contributed by atoms with Crippen molar-refractivity contribution in [2.45, 2.75) is 46.5 Å². The van der Waals surface area contributed by atoms with E-state index < -0.39 is 0 Å². The Balaban J connectivity index is 2.39. The lowest BCUT2D eigenvalue weighted by molar-refractivity contribution is 0.242. The summed E-state index contributed by atoms with van der Waals surface area (Å²) in [6.45, 7) is 7.09. The largest absolute Gasteiger partial charge is 0.0882 e. The molecule has 0 N–H and O–H groups in total. The molecule has 0 saturated carbocycles. The van der Waals surface area contributed by atoms with Crippen molar-refractivity contribution in [2.24, 2.45) is 17.8 Å². The predicted octanol–water partition coefficient (Wildman–Crippen LogP) is 4.02. The monoisotopic (exact) mass is 166 g/mol. The fourth-order valence-electron chi connectivity index (χ4n) is 2.48. The van der Waals surface area contributed by atoms with Crippen LogP contribution in [0.1, 0.15) is 46.5 Å². The van der Waals surface area contributed by atoms with E-state index in [9.17, 15) is 0 Å². The highest BCUT2D eigenvalue weighted by atomic mass is 14.3. The second-order valence-electron chi connectivity index (χ2n) is 4.14. The van der Waals surface area contributed by atoms with E-state index in [-0.39, 0.29) is 0 Å². The fraction of sp³-hybridized carbons (Fsp3) is 0.833. The molecule has 0 nitrogen and oxygen atoms in total. The van der Waals surface area contributed by atoms with E-state index in [1.807, 2.05) is 0 Å². The van der Waals surface area contributed by atoms with Gasteiger partial charge in [0.2, 0.25) is 0 Å². The first-order valence-electron chi connectivity index (χ1n) is 5.44. The molecule has 12 heavy (non-hydrogen) atoms. The van der Waals surface area contributed by atoms with Gasteiger partial charge < -0.3 is 0 Å². The minimum absolute atomic E-state index is 0.926. The van der Waals surface area contributed by atoms with Crippen LogP contribution >= 0.6 is 0 Å². The van der Waals surface area contributed by atoms with Gasteiger partial charge in [-0.25, -0.2) is 0 Å². The van der Waals surface area contributed by atoms with Crippen LogP contribution in [-0.2, 0) is 0 Å². The summed E-state index contributed by atoms with van der Waals surface area (Å²) in [5.74, 6) is 2.83. The van der Waals surface area contributed by atoms with Gasteiger partial charge in [-0.15, -0.1) is 0 Å². The Bertz CT molecular complexity index is 132. The molecule has 0 aromatic rings. The SMILES string of the molecule is CCC(CC)C(C)C1CC=CC1. The summed E-state index contributed by atoms with van der Waals surface area (Å²) in [5, 5.41) is 0. The first-order chi connectivity index (χ1) is 5.79. The second kappa shape index (κ2) is 4.69. The van der Waals surface area contributed by atoms with Crippen LogP contribution in [0.2, 0.25) is 0 Å². The van der Waals surface area contributed by atoms with E-state index in [0.29, 0.717) is 0 Å². The highest BCUT2D eigenvalue weighted by Gasteiger charge is 2.23. The summed E-state index contributed by atoms with van der Waals surface area (Å²) in [7, 11) is 0. The summed E-state index contributed by atoms with van der Waals surface area (Å²) in [5.41, 5.74) is 0. The van der Waals surface area contributed by atoms with Crippen molar-refractivity contribution in [3.8, 4) is 0 Å². The van der Waals surface area contributed by atoms with E-state index in [0.717, 1.165) is 17.8 Å². The van der Waals surface area contributed by atoms with Crippen molar-refractivity contribution in [1.82, 2.24) is 0 Å². The smallest absolute Gasteiger partial charge is 0.0317 e. The molecule has 0 spiro atoms. The highest BCUT2D eigenvalue weighted by Crippen LogP contribution is 2.33. The Morgan fingerprint density at radius 3 is 2.08 bits per heavy atom. The molecular weight excluding hydrogens is 144 g/mol. The zero-order valence-electron chi connectivity index (χ0n) is 8.72. The molecule has 0 heterocycles. The minimum Gasteiger partial charge on any atom is -0.0882 e. The molecular formula is C12H22. The molecule has 1 atom stereocenters. The average Bonchev–Trinajstić information content (AvgIpc) is 2.58. The topological polar surface area (TPSA) is 0 Å². The normalized spacial score (nSPS) is 20.7.